The Balaban J connectivity index is 1.83. The first-order valence-electron chi connectivity index (χ1n) is 8.69. The first-order valence-corrected chi connectivity index (χ1v) is 8.69. The molecular weight excluding hydrogens is 248 g/mol. The third-order valence-electron chi connectivity index (χ3n) is 5.21. The fourth-order valence-corrected chi connectivity index (χ4v) is 3.79. The molecule has 3 heteroatoms. The van der Waals surface area contributed by atoms with Crippen LogP contribution in [0.25, 0.3) is 0 Å². The van der Waals surface area contributed by atoms with Crippen LogP contribution >= 0.6 is 0 Å². The molecule has 2 aliphatic rings. The SMILES string of the molecule is CCOCCCN1CC(C2CCCCC2)NCC1(C)C. The van der Waals surface area contributed by atoms with Crippen molar-refractivity contribution in [3.05, 3.63) is 0 Å². The van der Waals surface area contributed by atoms with Gasteiger partial charge in [0, 0.05) is 44.4 Å². The minimum Gasteiger partial charge on any atom is -0.382 e. The fourth-order valence-electron chi connectivity index (χ4n) is 3.79. The first-order chi connectivity index (χ1) is 9.63. The van der Waals surface area contributed by atoms with Gasteiger partial charge in [-0.25, -0.2) is 0 Å². The van der Waals surface area contributed by atoms with Gasteiger partial charge in [0.1, 0.15) is 0 Å². The van der Waals surface area contributed by atoms with Crippen LogP contribution < -0.4 is 5.32 Å². The Labute approximate surface area is 125 Å². The summed E-state index contributed by atoms with van der Waals surface area (Å²) < 4.78 is 5.49. The summed E-state index contributed by atoms with van der Waals surface area (Å²) in [6, 6.07) is 0.718. The molecule has 1 heterocycles. The highest BCUT2D eigenvalue weighted by Gasteiger charge is 2.36. The van der Waals surface area contributed by atoms with Crippen LogP contribution in [0.3, 0.4) is 0 Å². The van der Waals surface area contributed by atoms with Crippen LogP contribution in [0.2, 0.25) is 0 Å². The van der Waals surface area contributed by atoms with Crippen LogP contribution in [-0.4, -0.2) is 49.3 Å². The molecule has 1 aliphatic carbocycles. The Morgan fingerprint density at radius 3 is 2.65 bits per heavy atom. The zero-order chi connectivity index (χ0) is 14.4. The minimum atomic E-state index is 0.289. The highest BCUT2D eigenvalue weighted by molar-refractivity contribution is 4.95. The normalized spacial score (nSPS) is 28.6. The Morgan fingerprint density at radius 1 is 1.20 bits per heavy atom. The van der Waals surface area contributed by atoms with Gasteiger partial charge < -0.3 is 10.1 Å². The molecule has 1 atom stereocenters. The Morgan fingerprint density at radius 2 is 1.95 bits per heavy atom. The van der Waals surface area contributed by atoms with Crippen LogP contribution in [0.15, 0.2) is 0 Å². The van der Waals surface area contributed by atoms with E-state index in [4.69, 9.17) is 4.74 Å². The van der Waals surface area contributed by atoms with Crippen molar-refractivity contribution in [2.75, 3.05) is 32.8 Å². The first kappa shape index (κ1) is 16.3. The summed E-state index contributed by atoms with van der Waals surface area (Å²) in [5, 5.41) is 3.84. The van der Waals surface area contributed by atoms with E-state index in [1.54, 1.807) is 0 Å². The maximum Gasteiger partial charge on any atom is 0.0478 e. The number of hydrogen-bond donors (Lipinski definition) is 1. The third-order valence-corrected chi connectivity index (χ3v) is 5.21. The number of nitrogens with zero attached hydrogens (tertiary/aromatic N) is 1. The Hall–Kier alpha value is -0.120. The van der Waals surface area contributed by atoms with Gasteiger partial charge in [0.05, 0.1) is 0 Å². The third kappa shape index (κ3) is 4.44. The van der Waals surface area contributed by atoms with Crippen molar-refractivity contribution in [2.24, 2.45) is 5.92 Å². The van der Waals surface area contributed by atoms with E-state index in [1.807, 2.05) is 0 Å². The summed E-state index contributed by atoms with van der Waals surface area (Å²) in [6.45, 7) is 12.1. The second-order valence-corrected chi connectivity index (χ2v) is 7.19. The lowest BCUT2D eigenvalue weighted by atomic mass is 9.81. The van der Waals surface area contributed by atoms with Gasteiger partial charge in [-0.2, -0.15) is 0 Å². The van der Waals surface area contributed by atoms with E-state index >= 15 is 0 Å². The fraction of sp³-hybridized carbons (Fsp3) is 1.00. The summed E-state index contributed by atoms with van der Waals surface area (Å²) in [5.41, 5.74) is 0.289. The quantitative estimate of drug-likeness (QED) is 0.758. The predicted molar refractivity (Wildman–Crippen MR) is 85.1 cm³/mol. The highest BCUT2D eigenvalue weighted by atomic mass is 16.5. The summed E-state index contributed by atoms with van der Waals surface area (Å²) in [5.74, 6) is 0.911. The largest absolute Gasteiger partial charge is 0.382 e. The second kappa shape index (κ2) is 7.77. The van der Waals surface area contributed by atoms with E-state index in [1.165, 1.54) is 45.2 Å². The number of hydrogen-bond acceptors (Lipinski definition) is 3. The van der Waals surface area contributed by atoms with E-state index in [0.717, 1.165) is 38.1 Å². The molecule has 0 amide bonds. The second-order valence-electron chi connectivity index (χ2n) is 7.19. The molecule has 0 radical (unpaired) electrons. The van der Waals surface area contributed by atoms with Crippen LogP contribution in [0, 0.1) is 5.92 Å². The molecule has 2 fully saturated rings. The molecule has 118 valence electrons. The van der Waals surface area contributed by atoms with Gasteiger partial charge in [-0.05, 0) is 46.0 Å². The smallest absolute Gasteiger partial charge is 0.0478 e. The van der Waals surface area contributed by atoms with Crippen molar-refractivity contribution in [2.45, 2.75) is 70.9 Å². The maximum absolute atomic E-state index is 5.49. The maximum atomic E-state index is 5.49. The average Bonchev–Trinajstić information content (AvgIpc) is 2.46. The number of ether oxygens (including phenoxy) is 1. The Bertz CT molecular complexity index is 274. The molecule has 1 unspecified atom stereocenters. The molecule has 1 saturated heterocycles. The van der Waals surface area contributed by atoms with Gasteiger partial charge in [0.25, 0.3) is 0 Å². The molecule has 1 saturated carbocycles. The Kier molecular flexibility index (Phi) is 6.31. The summed E-state index contributed by atoms with van der Waals surface area (Å²) in [4.78, 5) is 2.70. The molecule has 0 bridgehead atoms. The van der Waals surface area contributed by atoms with Crippen molar-refractivity contribution in [3.63, 3.8) is 0 Å². The molecule has 0 aromatic heterocycles. The number of nitrogens with one attached hydrogen (secondary N) is 1. The van der Waals surface area contributed by atoms with E-state index in [-0.39, 0.29) is 5.54 Å². The monoisotopic (exact) mass is 282 g/mol. The molecule has 1 aliphatic heterocycles. The summed E-state index contributed by atoms with van der Waals surface area (Å²) in [6.07, 6.45) is 8.37. The average molecular weight is 282 g/mol. The summed E-state index contributed by atoms with van der Waals surface area (Å²) >= 11 is 0. The molecule has 2 rings (SSSR count). The van der Waals surface area contributed by atoms with Gasteiger partial charge in [0.2, 0.25) is 0 Å². The lowest BCUT2D eigenvalue weighted by Crippen LogP contribution is -2.63. The van der Waals surface area contributed by atoms with Gasteiger partial charge in [-0.1, -0.05) is 19.3 Å². The van der Waals surface area contributed by atoms with Crippen LogP contribution in [0.5, 0.6) is 0 Å². The van der Waals surface area contributed by atoms with E-state index < -0.39 is 0 Å². The van der Waals surface area contributed by atoms with E-state index in [2.05, 4.69) is 31.0 Å². The highest BCUT2D eigenvalue weighted by Crippen LogP contribution is 2.30. The van der Waals surface area contributed by atoms with Crippen molar-refractivity contribution >= 4 is 0 Å². The topological polar surface area (TPSA) is 24.5 Å². The van der Waals surface area contributed by atoms with Crippen LogP contribution in [0.4, 0.5) is 0 Å². The molecule has 3 nitrogen and oxygen atoms in total. The van der Waals surface area contributed by atoms with Crippen LogP contribution in [-0.2, 0) is 4.74 Å². The molecule has 0 aromatic carbocycles. The van der Waals surface area contributed by atoms with Gasteiger partial charge >= 0.3 is 0 Å². The molecule has 0 spiro atoms. The van der Waals surface area contributed by atoms with Crippen molar-refractivity contribution in [1.29, 1.82) is 0 Å². The molecular formula is C17H34N2O. The van der Waals surface area contributed by atoms with Gasteiger partial charge in [0.15, 0.2) is 0 Å². The lowest BCUT2D eigenvalue weighted by Gasteiger charge is -2.48. The zero-order valence-electron chi connectivity index (χ0n) is 13.8. The minimum absolute atomic E-state index is 0.289. The van der Waals surface area contributed by atoms with Crippen molar-refractivity contribution in [3.8, 4) is 0 Å². The van der Waals surface area contributed by atoms with Crippen LogP contribution in [0.1, 0.15) is 59.3 Å². The summed E-state index contributed by atoms with van der Waals surface area (Å²) in [7, 11) is 0. The van der Waals surface area contributed by atoms with Gasteiger partial charge in [-0.3, -0.25) is 4.90 Å². The molecule has 20 heavy (non-hydrogen) atoms. The number of rotatable bonds is 6. The predicted octanol–water partition coefficient (Wildman–Crippen LogP) is 3.05. The standard InChI is InChI=1S/C17H34N2O/c1-4-20-12-8-11-19-13-16(18-14-17(19,2)3)15-9-6-5-7-10-15/h15-16,18H,4-14H2,1-3H3. The zero-order valence-corrected chi connectivity index (χ0v) is 13.8. The van der Waals surface area contributed by atoms with Crippen molar-refractivity contribution in [1.82, 2.24) is 10.2 Å². The molecule has 1 N–H and O–H groups in total. The number of piperazine rings is 1. The lowest BCUT2D eigenvalue weighted by molar-refractivity contribution is 0.0344. The van der Waals surface area contributed by atoms with Gasteiger partial charge in [-0.15, -0.1) is 0 Å². The van der Waals surface area contributed by atoms with E-state index in [9.17, 15) is 0 Å². The van der Waals surface area contributed by atoms with E-state index in [0.29, 0.717) is 0 Å². The molecule has 0 aromatic rings. The van der Waals surface area contributed by atoms with Crippen molar-refractivity contribution < 1.29 is 4.74 Å².